The van der Waals surface area contributed by atoms with Gasteiger partial charge in [-0.3, -0.25) is 0 Å². The van der Waals surface area contributed by atoms with E-state index in [9.17, 15) is 5.11 Å². The maximum Gasteiger partial charge on any atom is 0.158 e. The van der Waals surface area contributed by atoms with E-state index in [1.807, 2.05) is 24.3 Å². The zero-order valence-corrected chi connectivity index (χ0v) is 13.0. The summed E-state index contributed by atoms with van der Waals surface area (Å²) < 4.78 is 6.22. The predicted molar refractivity (Wildman–Crippen MR) is 80.9 cm³/mol. The maximum absolute atomic E-state index is 10.1. The second-order valence-corrected chi connectivity index (χ2v) is 6.06. The van der Waals surface area contributed by atoms with Gasteiger partial charge in [0.2, 0.25) is 0 Å². The third kappa shape index (κ3) is 2.51. The number of aliphatic hydroxyl groups is 1. The summed E-state index contributed by atoms with van der Waals surface area (Å²) in [6.07, 6.45) is 0.291. The topological polar surface area (TPSA) is 58.3 Å². The first-order valence-corrected chi connectivity index (χ1v) is 7.64. The number of rotatable bonds is 2. The molecule has 0 aliphatic carbocycles. The van der Waals surface area contributed by atoms with Gasteiger partial charge < -0.3 is 14.9 Å². The third-order valence-electron chi connectivity index (χ3n) is 3.57. The van der Waals surface area contributed by atoms with Crippen LogP contribution in [-0.2, 0) is 0 Å². The molecule has 1 aliphatic rings. The van der Waals surface area contributed by atoms with Crippen LogP contribution in [0.3, 0.4) is 0 Å². The van der Waals surface area contributed by atoms with Crippen molar-refractivity contribution in [3.63, 3.8) is 0 Å². The van der Waals surface area contributed by atoms with Gasteiger partial charge in [-0.05, 0) is 35.0 Å². The van der Waals surface area contributed by atoms with E-state index in [4.69, 9.17) is 16.1 Å². The Morgan fingerprint density at radius 2 is 2.20 bits per heavy atom. The van der Waals surface area contributed by atoms with Crippen LogP contribution in [0.2, 0.25) is 5.02 Å². The van der Waals surface area contributed by atoms with Crippen LogP contribution in [0.4, 0.5) is 0 Å². The second kappa shape index (κ2) is 5.85. The Morgan fingerprint density at radius 3 is 2.95 bits per heavy atom. The Hall–Kier alpha value is -0.880. The molecule has 1 aromatic heterocycles. The second-order valence-electron chi connectivity index (χ2n) is 4.86. The Balaban J connectivity index is 1.98. The van der Waals surface area contributed by atoms with Gasteiger partial charge in [0.05, 0.1) is 21.5 Å². The number of piperidine rings is 1. The van der Waals surface area contributed by atoms with Crippen LogP contribution >= 0.6 is 27.5 Å². The molecule has 106 valence electrons. The Bertz CT molecular complexity index is 617. The molecule has 1 saturated heterocycles. The van der Waals surface area contributed by atoms with Gasteiger partial charge in [0.1, 0.15) is 5.69 Å². The largest absolute Gasteiger partial charge is 0.392 e. The summed E-state index contributed by atoms with van der Waals surface area (Å²) in [5, 5.41) is 18.1. The van der Waals surface area contributed by atoms with Crippen LogP contribution in [0.1, 0.15) is 18.1 Å². The Morgan fingerprint density at radius 1 is 1.40 bits per heavy atom. The molecule has 0 amide bonds. The number of hydrogen-bond acceptors (Lipinski definition) is 4. The highest BCUT2D eigenvalue weighted by atomic mass is 79.9. The molecule has 0 bridgehead atoms. The fourth-order valence-electron chi connectivity index (χ4n) is 2.45. The van der Waals surface area contributed by atoms with Crippen molar-refractivity contribution in [3.8, 4) is 11.3 Å². The summed E-state index contributed by atoms with van der Waals surface area (Å²) in [6, 6.07) is 7.48. The minimum Gasteiger partial charge on any atom is -0.392 e. The first-order chi connectivity index (χ1) is 9.68. The van der Waals surface area contributed by atoms with E-state index in [1.165, 1.54) is 0 Å². The molecule has 1 fully saturated rings. The normalized spacial score (nSPS) is 22.9. The van der Waals surface area contributed by atoms with Crippen molar-refractivity contribution in [2.24, 2.45) is 0 Å². The lowest BCUT2D eigenvalue weighted by molar-refractivity contribution is 0.101. The van der Waals surface area contributed by atoms with Gasteiger partial charge in [-0.25, -0.2) is 0 Å². The zero-order chi connectivity index (χ0) is 14.1. The lowest BCUT2D eigenvalue weighted by atomic mass is 9.93. The summed E-state index contributed by atoms with van der Waals surface area (Å²) in [5.41, 5.74) is 1.48. The highest BCUT2D eigenvalue weighted by Crippen LogP contribution is 2.38. The molecular weight excluding hydrogens is 344 g/mol. The smallest absolute Gasteiger partial charge is 0.158 e. The van der Waals surface area contributed by atoms with Crippen LogP contribution in [0.5, 0.6) is 0 Å². The molecule has 4 nitrogen and oxygen atoms in total. The highest BCUT2D eigenvalue weighted by molar-refractivity contribution is 9.10. The van der Waals surface area contributed by atoms with Gasteiger partial charge in [0.25, 0.3) is 0 Å². The van der Waals surface area contributed by atoms with Gasteiger partial charge in [-0.15, -0.1) is 0 Å². The van der Waals surface area contributed by atoms with Crippen LogP contribution in [0, 0.1) is 0 Å². The number of hydrogen-bond donors (Lipinski definition) is 2. The molecular formula is C14H14BrClN2O2. The molecule has 2 aromatic rings. The predicted octanol–water partition coefficient (Wildman–Crippen LogP) is 3.20. The fraction of sp³-hybridized carbons (Fsp3) is 0.357. The number of aliphatic hydroxyl groups excluding tert-OH is 1. The monoisotopic (exact) mass is 356 g/mol. The number of nitrogens with zero attached hydrogens (tertiary/aromatic N) is 1. The molecule has 1 aromatic carbocycles. The molecule has 0 radical (unpaired) electrons. The average Bonchev–Trinajstić information content (AvgIpc) is 2.82. The van der Waals surface area contributed by atoms with E-state index >= 15 is 0 Å². The van der Waals surface area contributed by atoms with E-state index < -0.39 is 6.10 Å². The number of halogens is 2. The lowest BCUT2D eigenvalue weighted by Crippen LogP contribution is -2.38. The van der Waals surface area contributed by atoms with Crippen molar-refractivity contribution in [1.82, 2.24) is 10.5 Å². The summed E-state index contributed by atoms with van der Waals surface area (Å²) in [5.74, 6) is 0.571. The van der Waals surface area contributed by atoms with E-state index in [2.05, 4.69) is 26.4 Å². The molecule has 1 aliphatic heterocycles. The average molecular weight is 358 g/mol. The third-order valence-corrected chi connectivity index (χ3v) is 4.67. The fourth-order valence-corrected chi connectivity index (χ4v) is 3.33. The molecule has 2 N–H and O–H groups in total. The molecule has 20 heavy (non-hydrogen) atoms. The maximum atomic E-state index is 10.1. The van der Waals surface area contributed by atoms with Gasteiger partial charge in [-0.2, -0.15) is 0 Å². The summed E-state index contributed by atoms with van der Waals surface area (Å²) in [6.45, 7) is 1.50. The highest BCUT2D eigenvalue weighted by Gasteiger charge is 2.31. The standard InChI is InChI=1S/C14H14BrClN2O2/c15-12-13(8-3-1-2-4-10(8)16)18-20-14(12)9-7-17-6-5-11(9)19/h1-4,9,11,17,19H,5-7H2/t9-,11+/m0/s1. The zero-order valence-electron chi connectivity index (χ0n) is 10.6. The van der Waals surface area contributed by atoms with Crippen molar-refractivity contribution in [2.75, 3.05) is 13.1 Å². The van der Waals surface area contributed by atoms with Crippen molar-refractivity contribution < 1.29 is 9.63 Å². The van der Waals surface area contributed by atoms with Crippen LogP contribution in [-0.4, -0.2) is 29.5 Å². The van der Waals surface area contributed by atoms with Crippen LogP contribution in [0.15, 0.2) is 33.3 Å². The van der Waals surface area contributed by atoms with E-state index in [0.717, 1.165) is 16.6 Å². The molecule has 0 saturated carbocycles. The summed E-state index contributed by atoms with van der Waals surface area (Å²) in [4.78, 5) is 0. The first kappa shape index (κ1) is 14.1. The van der Waals surface area contributed by atoms with Crippen molar-refractivity contribution in [2.45, 2.75) is 18.4 Å². The van der Waals surface area contributed by atoms with Crippen LogP contribution in [0.25, 0.3) is 11.3 Å². The molecule has 6 heteroatoms. The molecule has 2 heterocycles. The van der Waals surface area contributed by atoms with E-state index in [1.54, 1.807) is 0 Å². The SMILES string of the molecule is O[C@@H]1CCNC[C@@H]1c1onc(-c2ccccc2Cl)c1Br. The van der Waals surface area contributed by atoms with Gasteiger partial charge in [0.15, 0.2) is 5.76 Å². The first-order valence-electron chi connectivity index (χ1n) is 6.47. The minimum absolute atomic E-state index is 0.0955. The lowest BCUT2D eigenvalue weighted by Gasteiger charge is -2.26. The summed E-state index contributed by atoms with van der Waals surface area (Å²) in [7, 11) is 0. The Kier molecular flexibility index (Phi) is 4.12. The van der Waals surface area contributed by atoms with Gasteiger partial charge in [0, 0.05) is 12.1 Å². The quantitative estimate of drug-likeness (QED) is 0.866. The number of aromatic nitrogens is 1. The minimum atomic E-state index is -0.417. The van der Waals surface area contributed by atoms with Crippen LogP contribution < -0.4 is 5.32 Å². The summed E-state index contributed by atoms with van der Waals surface area (Å²) >= 11 is 9.72. The van der Waals surface area contributed by atoms with Crippen molar-refractivity contribution in [1.29, 1.82) is 0 Å². The van der Waals surface area contributed by atoms with E-state index in [0.29, 0.717) is 29.4 Å². The number of nitrogens with one attached hydrogen (secondary N) is 1. The van der Waals surface area contributed by atoms with E-state index in [-0.39, 0.29) is 5.92 Å². The van der Waals surface area contributed by atoms with Crippen molar-refractivity contribution >= 4 is 27.5 Å². The molecule has 0 unspecified atom stereocenters. The Labute approximate surface area is 130 Å². The van der Waals surface area contributed by atoms with Gasteiger partial charge >= 0.3 is 0 Å². The molecule has 0 spiro atoms. The molecule has 3 rings (SSSR count). The molecule has 2 atom stereocenters. The number of benzene rings is 1. The van der Waals surface area contributed by atoms with Crippen molar-refractivity contribution in [3.05, 3.63) is 39.5 Å². The van der Waals surface area contributed by atoms with Gasteiger partial charge in [-0.1, -0.05) is 35.0 Å².